The molecule has 1 aromatic rings. The Balaban J connectivity index is 2.37. The van der Waals surface area contributed by atoms with Crippen LogP contribution < -0.4 is 0 Å². The summed E-state index contributed by atoms with van der Waals surface area (Å²) >= 11 is 3.64. The van der Waals surface area contributed by atoms with Gasteiger partial charge < -0.3 is 4.74 Å². The summed E-state index contributed by atoms with van der Waals surface area (Å²) in [5, 5.41) is 0. The second-order valence-electron chi connectivity index (χ2n) is 4.22. The molecule has 0 unspecified atom stereocenters. The van der Waals surface area contributed by atoms with Crippen molar-refractivity contribution in [2.24, 2.45) is 0 Å². The molecule has 2 rings (SSSR count). The third kappa shape index (κ3) is 2.29. The van der Waals surface area contributed by atoms with Crippen LogP contribution in [0.2, 0.25) is 0 Å². The Kier molecular flexibility index (Phi) is 3.67. The molecule has 3 heteroatoms. The molecule has 1 fully saturated rings. The summed E-state index contributed by atoms with van der Waals surface area (Å²) in [7, 11) is 0. The molecule has 2 nitrogen and oxygen atoms in total. The van der Waals surface area contributed by atoms with Crippen LogP contribution >= 0.6 is 15.9 Å². The maximum Gasteiger partial charge on any atom is 0.306 e. The topological polar surface area (TPSA) is 26.3 Å². The molecule has 17 heavy (non-hydrogen) atoms. The van der Waals surface area contributed by atoms with E-state index in [0.29, 0.717) is 6.42 Å². The van der Waals surface area contributed by atoms with Crippen LogP contribution in [0.1, 0.15) is 24.8 Å². The third-order valence-corrected chi connectivity index (χ3v) is 4.25. The fraction of sp³-hybridized carbons (Fsp3) is 0.357. The van der Waals surface area contributed by atoms with Crippen LogP contribution in [0, 0.1) is 0 Å². The molecule has 0 aromatic heterocycles. The lowest BCUT2D eigenvalue weighted by atomic mass is 9.86. The SMILES string of the molecule is C=CC[C@H](Br)[C@@]1(c2ccccc2)CCC(=O)O1. The minimum absolute atomic E-state index is 0.0707. The molecule has 2 atom stereocenters. The summed E-state index contributed by atoms with van der Waals surface area (Å²) < 4.78 is 5.62. The van der Waals surface area contributed by atoms with E-state index < -0.39 is 5.60 Å². The van der Waals surface area contributed by atoms with E-state index in [-0.39, 0.29) is 10.8 Å². The van der Waals surface area contributed by atoms with Gasteiger partial charge in [-0.25, -0.2) is 0 Å². The monoisotopic (exact) mass is 294 g/mol. The Morgan fingerprint density at radius 2 is 2.18 bits per heavy atom. The molecule has 1 saturated heterocycles. The predicted octanol–water partition coefficient (Wildman–Crippen LogP) is 3.56. The van der Waals surface area contributed by atoms with E-state index in [2.05, 4.69) is 22.5 Å². The molecule has 0 spiro atoms. The number of hydrogen-bond donors (Lipinski definition) is 0. The van der Waals surface area contributed by atoms with Crippen LogP contribution in [0.15, 0.2) is 43.0 Å². The van der Waals surface area contributed by atoms with Crippen LogP contribution in [-0.2, 0) is 15.1 Å². The first kappa shape index (κ1) is 12.4. The molecular weight excluding hydrogens is 280 g/mol. The van der Waals surface area contributed by atoms with Crippen molar-refractivity contribution >= 4 is 21.9 Å². The number of carbonyl (C=O) groups is 1. The highest BCUT2D eigenvalue weighted by Gasteiger charge is 2.46. The lowest BCUT2D eigenvalue weighted by molar-refractivity contribution is -0.149. The molecule has 1 aromatic carbocycles. The summed E-state index contributed by atoms with van der Waals surface area (Å²) in [6.45, 7) is 3.75. The summed E-state index contributed by atoms with van der Waals surface area (Å²) in [6.07, 6.45) is 3.81. The molecular formula is C14H15BrO2. The fourth-order valence-electron chi connectivity index (χ4n) is 2.25. The van der Waals surface area contributed by atoms with Gasteiger partial charge in [-0.3, -0.25) is 4.79 Å². The van der Waals surface area contributed by atoms with Gasteiger partial charge in [0.2, 0.25) is 0 Å². The number of carbonyl (C=O) groups excluding carboxylic acids is 1. The number of alkyl halides is 1. The predicted molar refractivity (Wildman–Crippen MR) is 71.0 cm³/mol. The molecule has 0 aliphatic carbocycles. The number of benzene rings is 1. The highest BCUT2D eigenvalue weighted by molar-refractivity contribution is 9.09. The Labute approximate surface area is 110 Å². The summed E-state index contributed by atoms with van der Waals surface area (Å²) in [4.78, 5) is 11.5. The first-order valence-corrected chi connectivity index (χ1v) is 6.63. The highest BCUT2D eigenvalue weighted by atomic mass is 79.9. The first-order chi connectivity index (χ1) is 8.19. The maximum atomic E-state index is 11.5. The van der Waals surface area contributed by atoms with E-state index in [9.17, 15) is 4.79 Å². The number of ether oxygens (including phenoxy) is 1. The van der Waals surface area contributed by atoms with E-state index in [1.807, 2.05) is 36.4 Å². The Morgan fingerprint density at radius 3 is 2.71 bits per heavy atom. The van der Waals surface area contributed by atoms with Crippen molar-refractivity contribution < 1.29 is 9.53 Å². The largest absolute Gasteiger partial charge is 0.453 e. The van der Waals surface area contributed by atoms with Gasteiger partial charge in [-0.1, -0.05) is 52.3 Å². The molecule has 0 bridgehead atoms. The minimum Gasteiger partial charge on any atom is -0.453 e. The van der Waals surface area contributed by atoms with Crippen LogP contribution in [0.4, 0.5) is 0 Å². The molecule has 0 radical (unpaired) electrons. The number of allylic oxidation sites excluding steroid dienone is 1. The van der Waals surface area contributed by atoms with Gasteiger partial charge >= 0.3 is 5.97 Å². The zero-order chi connectivity index (χ0) is 12.3. The van der Waals surface area contributed by atoms with Crippen molar-refractivity contribution in [1.82, 2.24) is 0 Å². The van der Waals surface area contributed by atoms with Crippen molar-refractivity contribution in [2.75, 3.05) is 0 Å². The van der Waals surface area contributed by atoms with E-state index in [1.165, 1.54) is 0 Å². The molecule has 1 aliphatic rings. The lowest BCUT2D eigenvalue weighted by Crippen LogP contribution is -2.35. The van der Waals surface area contributed by atoms with Crippen molar-refractivity contribution in [2.45, 2.75) is 29.7 Å². The van der Waals surface area contributed by atoms with Crippen molar-refractivity contribution in [1.29, 1.82) is 0 Å². The fourth-order valence-corrected chi connectivity index (χ4v) is 3.11. The highest BCUT2D eigenvalue weighted by Crippen LogP contribution is 2.44. The molecule has 0 amide bonds. The minimum atomic E-state index is -0.535. The average molecular weight is 295 g/mol. The van der Waals surface area contributed by atoms with Crippen molar-refractivity contribution in [3.05, 3.63) is 48.6 Å². The number of hydrogen-bond acceptors (Lipinski definition) is 2. The van der Waals surface area contributed by atoms with Crippen LogP contribution in [-0.4, -0.2) is 10.8 Å². The second-order valence-corrected chi connectivity index (χ2v) is 5.33. The molecule has 1 aliphatic heterocycles. The van der Waals surface area contributed by atoms with E-state index in [0.717, 1.165) is 18.4 Å². The number of cyclic esters (lactones) is 1. The Hall–Kier alpha value is -1.09. The first-order valence-electron chi connectivity index (χ1n) is 5.71. The number of halogens is 1. The van der Waals surface area contributed by atoms with Crippen LogP contribution in [0.3, 0.4) is 0 Å². The maximum absolute atomic E-state index is 11.5. The quantitative estimate of drug-likeness (QED) is 0.482. The summed E-state index contributed by atoms with van der Waals surface area (Å²) in [6, 6.07) is 9.92. The third-order valence-electron chi connectivity index (χ3n) is 3.14. The van der Waals surface area contributed by atoms with Gasteiger partial charge in [-0.15, -0.1) is 6.58 Å². The Bertz CT molecular complexity index is 415. The van der Waals surface area contributed by atoms with Gasteiger partial charge in [-0.05, 0) is 12.0 Å². The lowest BCUT2D eigenvalue weighted by Gasteiger charge is -2.32. The van der Waals surface area contributed by atoms with Gasteiger partial charge in [0.25, 0.3) is 0 Å². The van der Waals surface area contributed by atoms with Gasteiger partial charge in [0.1, 0.15) is 0 Å². The second kappa shape index (κ2) is 5.05. The Morgan fingerprint density at radius 1 is 1.47 bits per heavy atom. The number of rotatable bonds is 4. The van der Waals surface area contributed by atoms with Crippen molar-refractivity contribution in [3.63, 3.8) is 0 Å². The normalized spacial score (nSPS) is 25.4. The molecule has 1 heterocycles. The molecule has 90 valence electrons. The van der Waals surface area contributed by atoms with E-state index in [4.69, 9.17) is 4.74 Å². The van der Waals surface area contributed by atoms with Gasteiger partial charge in [0, 0.05) is 12.8 Å². The molecule has 0 N–H and O–H groups in total. The summed E-state index contributed by atoms with van der Waals surface area (Å²) in [5.41, 5.74) is 0.515. The van der Waals surface area contributed by atoms with E-state index >= 15 is 0 Å². The van der Waals surface area contributed by atoms with Crippen LogP contribution in [0.25, 0.3) is 0 Å². The smallest absolute Gasteiger partial charge is 0.306 e. The summed E-state index contributed by atoms with van der Waals surface area (Å²) in [5.74, 6) is -0.123. The average Bonchev–Trinajstić information content (AvgIpc) is 2.74. The standard InChI is InChI=1S/C14H15BrO2/c1-2-6-12(15)14(10-9-13(16)17-14)11-7-4-3-5-8-11/h2-5,7-8,12H,1,6,9-10H2/t12-,14-/m0/s1. The van der Waals surface area contributed by atoms with Crippen molar-refractivity contribution in [3.8, 4) is 0 Å². The van der Waals surface area contributed by atoms with Crippen LogP contribution in [0.5, 0.6) is 0 Å². The zero-order valence-electron chi connectivity index (χ0n) is 9.56. The van der Waals surface area contributed by atoms with Gasteiger partial charge in [0.05, 0.1) is 4.83 Å². The molecule has 0 saturated carbocycles. The zero-order valence-corrected chi connectivity index (χ0v) is 11.2. The number of esters is 1. The van der Waals surface area contributed by atoms with Gasteiger partial charge in [-0.2, -0.15) is 0 Å². The van der Waals surface area contributed by atoms with Gasteiger partial charge in [0.15, 0.2) is 5.60 Å². The van der Waals surface area contributed by atoms with E-state index in [1.54, 1.807) is 0 Å².